The van der Waals surface area contributed by atoms with Crippen molar-refractivity contribution in [2.45, 2.75) is 20.0 Å². The van der Waals surface area contributed by atoms with Crippen LogP contribution in [0.5, 0.6) is 0 Å². The van der Waals surface area contributed by atoms with Crippen molar-refractivity contribution in [1.29, 1.82) is 0 Å². The quantitative estimate of drug-likeness (QED) is 0.583. The average Bonchev–Trinajstić information content (AvgIpc) is 2.07. The summed E-state index contributed by atoms with van der Waals surface area (Å²) in [6.07, 6.45) is 5.03. The first-order chi connectivity index (χ1) is 5.34. The molecule has 0 N–H and O–H groups in total. The molecule has 3 nitrogen and oxygen atoms in total. The van der Waals surface area contributed by atoms with Crippen LogP contribution in [0.2, 0.25) is 0 Å². The highest BCUT2D eigenvalue weighted by molar-refractivity contribution is 5.10. The van der Waals surface area contributed by atoms with Crippen molar-refractivity contribution >= 4 is 0 Å². The van der Waals surface area contributed by atoms with E-state index in [1.807, 2.05) is 19.9 Å². The van der Waals surface area contributed by atoms with Crippen molar-refractivity contribution in [1.82, 2.24) is 0 Å². The predicted molar refractivity (Wildman–Crippen MR) is 40.5 cm³/mol. The number of hydrogen-bond donors (Lipinski definition) is 0. The summed E-state index contributed by atoms with van der Waals surface area (Å²) in [5.74, 6) is 0.703. The van der Waals surface area contributed by atoms with Gasteiger partial charge in [0, 0.05) is 6.61 Å². The Hall–Kier alpha value is -0.960. The van der Waals surface area contributed by atoms with E-state index in [9.17, 15) is 0 Å². The minimum atomic E-state index is -0.0371. The van der Waals surface area contributed by atoms with E-state index in [0.717, 1.165) is 0 Å². The molecular weight excluding hydrogens is 144 g/mol. The Balaban J connectivity index is 2.44. The van der Waals surface area contributed by atoms with Gasteiger partial charge in [0.2, 0.25) is 0 Å². The Morgan fingerprint density at radius 2 is 2.45 bits per heavy atom. The van der Waals surface area contributed by atoms with Crippen LogP contribution in [0.4, 0.5) is 0 Å². The van der Waals surface area contributed by atoms with Gasteiger partial charge in [0.25, 0.3) is 0 Å². The maximum absolute atomic E-state index is 5.27. The van der Waals surface area contributed by atoms with Crippen LogP contribution >= 0.6 is 0 Å². The predicted octanol–water partition coefficient (Wildman–Crippen LogP) is 1.77. The molecule has 0 spiro atoms. The van der Waals surface area contributed by atoms with Crippen LogP contribution in [-0.2, 0) is 14.5 Å². The van der Waals surface area contributed by atoms with Crippen molar-refractivity contribution in [3.63, 3.8) is 0 Å². The molecule has 1 heterocycles. The van der Waals surface area contributed by atoms with E-state index >= 15 is 0 Å². The van der Waals surface area contributed by atoms with Gasteiger partial charge in [0.15, 0.2) is 5.76 Å². The second kappa shape index (κ2) is 4.03. The molecule has 1 aliphatic heterocycles. The van der Waals surface area contributed by atoms with Crippen molar-refractivity contribution in [2.24, 2.45) is 0 Å². The second-order valence-electron chi connectivity index (χ2n) is 2.17. The smallest absolute Gasteiger partial charge is 0.184 e. The van der Waals surface area contributed by atoms with Gasteiger partial charge in [-0.25, -0.2) is 0 Å². The maximum Gasteiger partial charge on any atom is 0.184 e. The number of rotatable bonds is 3. The van der Waals surface area contributed by atoms with Crippen molar-refractivity contribution in [3.8, 4) is 0 Å². The SMILES string of the molecule is CCOC(C)C1=CC=COO1. The highest BCUT2D eigenvalue weighted by Crippen LogP contribution is 2.12. The molecule has 0 saturated carbocycles. The summed E-state index contributed by atoms with van der Waals surface area (Å²) in [5, 5.41) is 0. The first-order valence-corrected chi connectivity index (χ1v) is 3.66. The third kappa shape index (κ3) is 2.27. The van der Waals surface area contributed by atoms with Gasteiger partial charge in [-0.1, -0.05) is 0 Å². The van der Waals surface area contributed by atoms with Gasteiger partial charge in [0.05, 0.1) is 0 Å². The molecule has 3 heteroatoms. The van der Waals surface area contributed by atoms with Crippen LogP contribution in [-0.4, -0.2) is 12.7 Å². The first kappa shape index (κ1) is 8.14. The van der Waals surface area contributed by atoms with Crippen molar-refractivity contribution < 1.29 is 14.5 Å². The fourth-order valence-corrected chi connectivity index (χ4v) is 0.813. The Morgan fingerprint density at radius 1 is 1.64 bits per heavy atom. The molecule has 0 bridgehead atoms. The Labute approximate surface area is 66.2 Å². The number of ether oxygens (including phenoxy) is 1. The summed E-state index contributed by atoms with van der Waals surface area (Å²) >= 11 is 0. The summed E-state index contributed by atoms with van der Waals surface area (Å²) in [7, 11) is 0. The zero-order valence-electron chi connectivity index (χ0n) is 6.74. The molecular formula is C8H12O3. The minimum absolute atomic E-state index is 0.0371. The van der Waals surface area contributed by atoms with Gasteiger partial charge < -0.3 is 4.74 Å². The van der Waals surface area contributed by atoms with Gasteiger partial charge in [-0.2, -0.15) is 0 Å². The van der Waals surface area contributed by atoms with E-state index in [1.54, 1.807) is 6.08 Å². The van der Waals surface area contributed by atoms with Crippen LogP contribution in [0, 0.1) is 0 Å². The zero-order valence-corrected chi connectivity index (χ0v) is 6.74. The van der Waals surface area contributed by atoms with E-state index < -0.39 is 0 Å². The molecule has 0 aliphatic carbocycles. The standard InChI is InChI=1S/C8H12O3/c1-3-9-7(2)8-5-4-6-10-11-8/h4-7H,3H2,1-2H3. The number of allylic oxidation sites excluding steroid dienone is 2. The fourth-order valence-electron chi connectivity index (χ4n) is 0.813. The highest BCUT2D eigenvalue weighted by atomic mass is 17.2. The van der Waals surface area contributed by atoms with Crippen LogP contribution in [0.15, 0.2) is 24.2 Å². The van der Waals surface area contributed by atoms with E-state index in [2.05, 4.69) is 4.89 Å². The van der Waals surface area contributed by atoms with Crippen LogP contribution < -0.4 is 0 Å². The van der Waals surface area contributed by atoms with Gasteiger partial charge in [-0.15, -0.1) is 0 Å². The lowest BCUT2D eigenvalue weighted by molar-refractivity contribution is -0.228. The fraction of sp³-hybridized carbons (Fsp3) is 0.500. The summed E-state index contributed by atoms with van der Waals surface area (Å²) in [6, 6.07) is 0. The van der Waals surface area contributed by atoms with Crippen molar-refractivity contribution in [3.05, 3.63) is 24.2 Å². The molecule has 0 fully saturated rings. The molecule has 62 valence electrons. The summed E-state index contributed by atoms with van der Waals surface area (Å²) < 4.78 is 5.27. The van der Waals surface area contributed by atoms with E-state index in [-0.39, 0.29) is 6.10 Å². The normalized spacial score (nSPS) is 18.2. The molecule has 0 radical (unpaired) electrons. The van der Waals surface area contributed by atoms with Crippen LogP contribution in [0.1, 0.15) is 13.8 Å². The van der Waals surface area contributed by atoms with E-state index in [4.69, 9.17) is 9.62 Å². The molecule has 1 atom stereocenters. The van der Waals surface area contributed by atoms with Crippen LogP contribution in [0.3, 0.4) is 0 Å². The van der Waals surface area contributed by atoms with Crippen LogP contribution in [0.25, 0.3) is 0 Å². The third-order valence-corrected chi connectivity index (χ3v) is 1.36. The van der Waals surface area contributed by atoms with Gasteiger partial charge >= 0.3 is 0 Å². The van der Waals surface area contributed by atoms with Crippen molar-refractivity contribution in [2.75, 3.05) is 6.61 Å². The minimum Gasteiger partial charge on any atom is -0.371 e. The van der Waals surface area contributed by atoms with E-state index in [1.165, 1.54) is 6.26 Å². The lowest BCUT2D eigenvalue weighted by Gasteiger charge is -2.15. The molecule has 0 aromatic rings. The lowest BCUT2D eigenvalue weighted by atomic mass is 10.3. The second-order valence-corrected chi connectivity index (χ2v) is 2.17. The maximum atomic E-state index is 5.27. The molecule has 1 rings (SSSR count). The Morgan fingerprint density at radius 3 is 3.00 bits per heavy atom. The molecule has 0 saturated heterocycles. The first-order valence-electron chi connectivity index (χ1n) is 3.66. The summed E-state index contributed by atoms with van der Waals surface area (Å²) in [5.41, 5.74) is 0. The third-order valence-electron chi connectivity index (χ3n) is 1.36. The molecule has 11 heavy (non-hydrogen) atoms. The molecule has 0 aromatic heterocycles. The average molecular weight is 156 g/mol. The molecule has 1 aliphatic rings. The largest absolute Gasteiger partial charge is 0.371 e. The summed E-state index contributed by atoms with van der Waals surface area (Å²) in [6.45, 7) is 4.53. The van der Waals surface area contributed by atoms with Gasteiger partial charge in [0.1, 0.15) is 12.4 Å². The van der Waals surface area contributed by atoms with Gasteiger partial charge in [-0.05, 0) is 26.0 Å². The molecule has 0 aromatic carbocycles. The monoisotopic (exact) mass is 156 g/mol. The topological polar surface area (TPSA) is 27.7 Å². The lowest BCUT2D eigenvalue weighted by Crippen LogP contribution is -2.14. The molecule has 1 unspecified atom stereocenters. The van der Waals surface area contributed by atoms with Gasteiger partial charge in [-0.3, -0.25) is 9.78 Å². The Bertz CT molecular complexity index is 172. The highest BCUT2D eigenvalue weighted by Gasteiger charge is 2.12. The summed E-state index contributed by atoms with van der Waals surface area (Å²) in [4.78, 5) is 9.46. The Kier molecular flexibility index (Phi) is 2.98. The zero-order chi connectivity index (χ0) is 8.10. The number of hydrogen-bond acceptors (Lipinski definition) is 3. The molecule has 0 amide bonds. The van der Waals surface area contributed by atoms with E-state index in [0.29, 0.717) is 12.4 Å².